The summed E-state index contributed by atoms with van der Waals surface area (Å²) >= 11 is 0. The van der Waals surface area contributed by atoms with Crippen LogP contribution >= 0.6 is 0 Å². The average molecular weight is 324 g/mol. The minimum Gasteiger partial charge on any atom is -0.384 e. The quantitative estimate of drug-likeness (QED) is 0.935. The summed E-state index contributed by atoms with van der Waals surface area (Å²) in [5, 5.41) is 0. The Morgan fingerprint density at radius 2 is 1.79 bits per heavy atom. The van der Waals surface area contributed by atoms with Crippen LogP contribution in [-0.2, 0) is 11.2 Å². The number of anilines is 1. The van der Waals surface area contributed by atoms with Crippen LogP contribution in [0.1, 0.15) is 12.5 Å². The van der Waals surface area contributed by atoms with Gasteiger partial charge in [-0.3, -0.25) is 9.69 Å². The lowest BCUT2D eigenvalue weighted by atomic mass is 10.1. The van der Waals surface area contributed by atoms with Gasteiger partial charge in [0.05, 0.1) is 5.69 Å². The van der Waals surface area contributed by atoms with Crippen molar-refractivity contribution in [1.82, 2.24) is 14.8 Å². The molecule has 0 unspecified atom stereocenters. The third-order valence-corrected chi connectivity index (χ3v) is 4.55. The lowest BCUT2D eigenvalue weighted by Gasteiger charge is -2.34. The van der Waals surface area contributed by atoms with Crippen LogP contribution in [0.25, 0.3) is 11.3 Å². The molecule has 0 radical (unpaired) electrons. The van der Waals surface area contributed by atoms with E-state index in [1.54, 1.807) is 13.0 Å². The van der Waals surface area contributed by atoms with Crippen molar-refractivity contribution in [2.75, 3.05) is 38.5 Å². The Morgan fingerprint density at radius 1 is 1.08 bits per heavy atom. The Kier molecular flexibility index (Phi) is 5.11. The average Bonchev–Trinajstić information content (AvgIpc) is 2.61. The summed E-state index contributed by atoms with van der Waals surface area (Å²) in [4.78, 5) is 20.0. The number of nitrogen functional groups attached to an aromatic ring is 1. The molecule has 3 rings (SSSR count). The predicted molar refractivity (Wildman–Crippen MR) is 96.5 cm³/mol. The molecule has 1 fully saturated rings. The molecule has 0 bridgehead atoms. The molecule has 2 aromatic rings. The second kappa shape index (κ2) is 7.45. The van der Waals surface area contributed by atoms with Crippen LogP contribution in [0.2, 0.25) is 0 Å². The molecule has 0 saturated carbocycles. The van der Waals surface area contributed by atoms with Crippen molar-refractivity contribution < 1.29 is 4.79 Å². The molecule has 0 atom stereocenters. The summed E-state index contributed by atoms with van der Waals surface area (Å²) in [6.45, 7) is 6.29. The van der Waals surface area contributed by atoms with Crippen LogP contribution in [0.15, 0.2) is 42.5 Å². The Morgan fingerprint density at radius 3 is 2.42 bits per heavy atom. The first-order chi connectivity index (χ1) is 11.6. The third kappa shape index (κ3) is 4.11. The number of amides is 1. The molecule has 1 aromatic heterocycles. The van der Waals surface area contributed by atoms with Crippen molar-refractivity contribution in [1.29, 1.82) is 0 Å². The van der Waals surface area contributed by atoms with Gasteiger partial charge in [-0.2, -0.15) is 0 Å². The van der Waals surface area contributed by atoms with Crippen LogP contribution in [0.3, 0.4) is 0 Å². The van der Waals surface area contributed by atoms with E-state index in [1.807, 2.05) is 17.0 Å². The van der Waals surface area contributed by atoms with Crippen molar-refractivity contribution in [2.24, 2.45) is 0 Å². The number of carbonyl (C=O) groups excluding carboxylic acids is 1. The number of aromatic nitrogens is 1. The molecule has 1 aromatic carbocycles. The van der Waals surface area contributed by atoms with Crippen molar-refractivity contribution in [2.45, 2.75) is 13.3 Å². The highest BCUT2D eigenvalue weighted by Gasteiger charge is 2.17. The minimum absolute atomic E-state index is 0.181. The van der Waals surface area contributed by atoms with E-state index in [2.05, 4.69) is 34.1 Å². The molecule has 5 nitrogen and oxygen atoms in total. The van der Waals surface area contributed by atoms with Gasteiger partial charge in [0.25, 0.3) is 0 Å². The summed E-state index contributed by atoms with van der Waals surface area (Å²) in [6.07, 6.45) is 1.02. The highest BCUT2D eigenvalue weighted by atomic mass is 16.2. The molecule has 1 amide bonds. The zero-order valence-corrected chi connectivity index (χ0v) is 14.1. The van der Waals surface area contributed by atoms with E-state index in [4.69, 9.17) is 5.73 Å². The van der Waals surface area contributed by atoms with Crippen LogP contribution in [0.5, 0.6) is 0 Å². The normalized spacial score (nSPS) is 15.5. The number of nitrogens with two attached hydrogens (primary N) is 1. The van der Waals surface area contributed by atoms with Crippen LogP contribution < -0.4 is 5.73 Å². The summed E-state index contributed by atoms with van der Waals surface area (Å²) < 4.78 is 0. The van der Waals surface area contributed by atoms with Gasteiger partial charge in [0.1, 0.15) is 5.82 Å². The van der Waals surface area contributed by atoms with Crippen molar-refractivity contribution >= 4 is 11.7 Å². The van der Waals surface area contributed by atoms with Crippen molar-refractivity contribution in [3.63, 3.8) is 0 Å². The number of pyridine rings is 1. The van der Waals surface area contributed by atoms with E-state index in [9.17, 15) is 4.79 Å². The molecule has 0 spiro atoms. The predicted octanol–water partition coefficient (Wildman–Crippen LogP) is 2.04. The molecule has 5 heteroatoms. The second-order valence-electron chi connectivity index (χ2n) is 6.24. The van der Waals surface area contributed by atoms with Crippen LogP contribution in [0.4, 0.5) is 5.82 Å². The first-order valence-electron chi connectivity index (χ1n) is 8.41. The van der Waals surface area contributed by atoms with E-state index in [0.717, 1.165) is 50.4 Å². The standard InChI is InChI=1S/C19H24N4O/c1-15(24)23-13-11-22(12-14-23)10-9-16-5-7-17(8-6-16)18-3-2-4-19(20)21-18/h2-8H,9-14H2,1H3,(H2,20,21). The maximum absolute atomic E-state index is 11.3. The van der Waals surface area contributed by atoms with Gasteiger partial charge in [0.2, 0.25) is 5.91 Å². The largest absolute Gasteiger partial charge is 0.384 e. The van der Waals surface area contributed by atoms with Crippen molar-refractivity contribution in [3.05, 3.63) is 48.0 Å². The van der Waals surface area contributed by atoms with Gasteiger partial charge >= 0.3 is 0 Å². The van der Waals surface area contributed by atoms with Gasteiger partial charge in [0, 0.05) is 45.2 Å². The van der Waals surface area contributed by atoms with Crippen molar-refractivity contribution in [3.8, 4) is 11.3 Å². The summed E-state index contributed by atoms with van der Waals surface area (Å²) in [5.41, 5.74) is 9.05. The monoisotopic (exact) mass is 324 g/mol. The zero-order chi connectivity index (χ0) is 16.9. The molecule has 1 aliphatic heterocycles. The fourth-order valence-corrected chi connectivity index (χ4v) is 3.03. The molecule has 0 aliphatic carbocycles. The summed E-state index contributed by atoms with van der Waals surface area (Å²) in [7, 11) is 0. The molecule has 126 valence electrons. The van der Waals surface area contributed by atoms with Gasteiger partial charge in [-0.25, -0.2) is 4.98 Å². The Balaban J connectivity index is 1.53. The Labute approximate surface area is 143 Å². The summed E-state index contributed by atoms with van der Waals surface area (Å²) in [5.74, 6) is 0.724. The highest BCUT2D eigenvalue weighted by Crippen LogP contribution is 2.19. The van der Waals surface area contributed by atoms with E-state index in [-0.39, 0.29) is 5.91 Å². The molecule has 24 heavy (non-hydrogen) atoms. The molecule has 2 N–H and O–H groups in total. The fourth-order valence-electron chi connectivity index (χ4n) is 3.03. The molecule has 1 aliphatic rings. The number of nitrogens with zero attached hydrogens (tertiary/aromatic N) is 3. The lowest BCUT2D eigenvalue weighted by Crippen LogP contribution is -2.48. The highest BCUT2D eigenvalue weighted by molar-refractivity contribution is 5.73. The SMILES string of the molecule is CC(=O)N1CCN(CCc2ccc(-c3cccc(N)n3)cc2)CC1. The van der Waals surface area contributed by atoms with Gasteiger partial charge in [-0.15, -0.1) is 0 Å². The number of hydrogen-bond acceptors (Lipinski definition) is 4. The van der Waals surface area contributed by atoms with Gasteiger partial charge in [-0.05, 0) is 24.1 Å². The van der Waals surface area contributed by atoms with Crippen LogP contribution in [-0.4, -0.2) is 53.4 Å². The number of piperazine rings is 1. The first-order valence-corrected chi connectivity index (χ1v) is 8.41. The third-order valence-electron chi connectivity index (χ3n) is 4.55. The van der Waals surface area contributed by atoms with Gasteiger partial charge in [-0.1, -0.05) is 30.3 Å². The maximum atomic E-state index is 11.3. The van der Waals surface area contributed by atoms with E-state index in [1.165, 1.54) is 5.56 Å². The molecular weight excluding hydrogens is 300 g/mol. The summed E-state index contributed by atoms with van der Waals surface area (Å²) in [6, 6.07) is 14.2. The minimum atomic E-state index is 0.181. The van der Waals surface area contributed by atoms with E-state index < -0.39 is 0 Å². The smallest absolute Gasteiger partial charge is 0.219 e. The Bertz CT molecular complexity index is 691. The van der Waals surface area contributed by atoms with Gasteiger partial charge in [0.15, 0.2) is 0 Å². The Hall–Kier alpha value is -2.40. The van der Waals surface area contributed by atoms with Crippen LogP contribution in [0, 0.1) is 0 Å². The molecule has 1 saturated heterocycles. The fraction of sp³-hybridized carbons (Fsp3) is 0.368. The number of hydrogen-bond donors (Lipinski definition) is 1. The number of carbonyl (C=O) groups is 1. The zero-order valence-electron chi connectivity index (χ0n) is 14.1. The molecule has 2 heterocycles. The van der Waals surface area contributed by atoms with E-state index >= 15 is 0 Å². The topological polar surface area (TPSA) is 62.5 Å². The number of rotatable bonds is 4. The lowest BCUT2D eigenvalue weighted by molar-refractivity contribution is -0.130. The molecular formula is C19H24N4O. The first kappa shape index (κ1) is 16.5. The maximum Gasteiger partial charge on any atom is 0.219 e. The van der Waals surface area contributed by atoms with Gasteiger partial charge < -0.3 is 10.6 Å². The second-order valence-corrected chi connectivity index (χ2v) is 6.24. The number of benzene rings is 1. The van der Waals surface area contributed by atoms with E-state index in [0.29, 0.717) is 5.82 Å².